The molecule has 5 atom stereocenters. The highest BCUT2D eigenvalue weighted by molar-refractivity contribution is 7.47. The highest BCUT2D eigenvalue weighted by atomic mass is 31.2. The van der Waals surface area contributed by atoms with E-state index in [1.165, 1.54) is 199 Å². The molecule has 0 fully saturated rings. The van der Waals surface area contributed by atoms with E-state index >= 15 is 0 Å². The van der Waals surface area contributed by atoms with Crippen molar-refractivity contribution in [3.8, 4) is 0 Å². The van der Waals surface area contributed by atoms with Gasteiger partial charge in [0, 0.05) is 25.7 Å². The molecule has 0 saturated carbocycles. The lowest BCUT2D eigenvalue weighted by Crippen LogP contribution is -2.30. The average molecular weight is 1370 g/mol. The second-order valence-electron chi connectivity index (χ2n) is 27.6. The minimum atomic E-state index is -4.95. The lowest BCUT2D eigenvalue weighted by Gasteiger charge is -2.21. The normalized spacial score (nSPS) is 14.1. The maximum absolute atomic E-state index is 13.1. The van der Waals surface area contributed by atoms with Gasteiger partial charge in [-0.1, -0.05) is 330 Å². The molecule has 0 aliphatic rings. The second kappa shape index (κ2) is 66.0. The maximum Gasteiger partial charge on any atom is 0.472 e. The highest BCUT2D eigenvalue weighted by Gasteiger charge is 2.30. The molecule has 0 aliphatic carbocycles. The zero-order valence-electron chi connectivity index (χ0n) is 60.6. The zero-order valence-corrected chi connectivity index (χ0v) is 62.3. The summed E-state index contributed by atoms with van der Waals surface area (Å²) in [5.74, 6) is -0.595. The van der Waals surface area contributed by atoms with Gasteiger partial charge in [-0.15, -0.1) is 0 Å². The third kappa shape index (κ3) is 68.4. The summed E-state index contributed by atoms with van der Waals surface area (Å²) >= 11 is 0. The molecule has 0 aromatic heterocycles. The summed E-state index contributed by atoms with van der Waals surface area (Å²) < 4.78 is 68.5. The Morgan fingerprint density at radius 3 is 0.731 bits per heavy atom. The van der Waals surface area contributed by atoms with Gasteiger partial charge in [0.1, 0.15) is 19.3 Å². The Bertz CT molecular complexity index is 1800. The summed E-state index contributed by atoms with van der Waals surface area (Å²) in [7, 11) is -9.91. The molecule has 19 heteroatoms. The first-order chi connectivity index (χ1) is 44.9. The molecule has 0 bridgehead atoms. The molecule has 0 aromatic carbocycles. The third-order valence-electron chi connectivity index (χ3n) is 17.2. The van der Waals surface area contributed by atoms with Crippen LogP contribution in [-0.4, -0.2) is 96.7 Å². The van der Waals surface area contributed by atoms with Crippen LogP contribution in [0.4, 0.5) is 0 Å². The number of rotatable bonds is 73. The molecule has 17 nitrogen and oxygen atoms in total. The summed E-state index contributed by atoms with van der Waals surface area (Å²) in [6.45, 7) is 9.57. The molecular formula is C74H144O17P2. The van der Waals surface area contributed by atoms with E-state index in [9.17, 15) is 43.2 Å². The maximum atomic E-state index is 13.1. The Kier molecular flexibility index (Phi) is 64.6. The molecule has 3 N–H and O–H groups in total. The average Bonchev–Trinajstić information content (AvgIpc) is 2.89. The number of hydrogen-bond acceptors (Lipinski definition) is 15. The van der Waals surface area contributed by atoms with Crippen LogP contribution >= 0.6 is 15.6 Å². The molecule has 0 radical (unpaired) electrons. The Hall–Kier alpha value is -1.94. The van der Waals surface area contributed by atoms with Gasteiger partial charge in [0.15, 0.2) is 12.2 Å². The molecule has 0 amide bonds. The molecule has 0 spiro atoms. The van der Waals surface area contributed by atoms with Gasteiger partial charge in [0.05, 0.1) is 26.4 Å². The van der Waals surface area contributed by atoms with Gasteiger partial charge in [-0.25, -0.2) is 9.13 Å². The molecule has 2 unspecified atom stereocenters. The van der Waals surface area contributed by atoms with Crippen molar-refractivity contribution in [3.05, 3.63) is 0 Å². The lowest BCUT2D eigenvalue weighted by molar-refractivity contribution is -0.161. The molecular weight excluding hydrogens is 1220 g/mol. The number of aliphatic hydroxyl groups excluding tert-OH is 1. The van der Waals surface area contributed by atoms with Gasteiger partial charge in [0.2, 0.25) is 0 Å². The predicted molar refractivity (Wildman–Crippen MR) is 377 cm³/mol. The molecule has 0 heterocycles. The van der Waals surface area contributed by atoms with Gasteiger partial charge in [-0.05, 0) is 37.5 Å². The van der Waals surface area contributed by atoms with Crippen molar-refractivity contribution in [2.24, 2.45) is 11.8 Å². The SMILES string of the molecule is CCCCCCCCCCCCCCCC(=O)OC[C@H](COP(=O)(O)OC[C@@H](O)COP(=O)(O)OC[C@@H](COC(=O)CCCCCCCCCCC(C)C)OC(=O)CCCCCCCCCCCCCC)OC(=O)CCCCCCCCCCCCCCCCC(C)C. The first kappa shape index (κ1) is 91.1. The van der Waals surface area contributed by atoms with Crippen LogP contribution in [0.5, 0.6) is 0 Å². The highest BCUT2D eigenvalue weighted by Crippen LogP contribution is 2.45. The molecule has 0 aromatic rings. The van der Waals surface area contributed by atoms with Crippen LogP contribution in [0.15, 0.2) is 0 Å². The number of carbonyl (C=O) groups excluding carboxylic acids is 4. The van der Waals surface area contributed by atoms with Crippen LogP contribution < -0.4 is 0 Å². The van der Waals surface area contributed by atoms with Gasteiger partial charge < -0.3 is 33.8 Å². The van der Waals surface area contributed by atoms with E-state index < -0.39 is 97.5 Å². The van der Waals surface area contributed by atoms with Crippen LogP contribution in [0.2, 0.25) is 0 Å². The Labute approximate surface area is 568 Å². The summed E-state index contributed by atoms with van der Waals surface area (Å²) in [6, 6.07) is 0. The van der Waals surface area contributed by atoms with Crippen molar-refractivity contribution in [2.75, 3.05) is 39.6 Å². The standard InChI is InChI=1S/C74H144O17P2/c1-7-9-11-13-15-17-19-23-28-31-38-44-50-56-71(76)84-62-69(90-74(79)59-53-47-41-33-29-25-22-21-24-26-30-36-42-48-54-66(3)4)64-88-92(80,81)86-60-68(75)61-87-93(82,83)89-65-70(63-85-72(77)57-51-45-39-35-34-37-43-49-55-67(5)6)91-73(78)58-52-46-40-32-27-20-18-16-14-12-10-8-2/h66-70,75H,7-65H2,1-6H3,(H,80,81)(H,82,83)/t68-,69-,70-/m1/s1. The number of esters is 4. The smallest absolute Gasteiger partial charge is 0.462 e. The minimum absolute atomic E-state index is 0.107. The number of phosphoric acid groups is 2. The van der Waals surface area contributed by atoms with Crippen LogP contribution in [0.25, 0.3) is 0 Å². The van der Waals surface area contributed by atoms with Gasteiger partial charge in [-0.3, -0.25) is 37.3 Å². The van der Waals surface area contributed by atoms with E-state index in [1.807, 2.05) is 0 Å². The Morgan fingerprint density at radius 1 is 0.290 bits per heavy atom. The monoisotopic (exact) mass is 1370 g/mol. The molecule has 0 rings (SSSR count). The van der Waals surface area contributed by atoms with Crippen LogP contribution in [-0.2, 0) is 65.4 Å². The fourth-order valence-electron chi connectivity index (χ4n) is 11.3. The van der Waals surface area contributed by atoms with Crippen molar-refractivity contribution in [3.63, 3.8) is 0 Å². The van der Waals surface area contributed by atoms with Crippen molar-refractivity contribution in [1.82, 2.24) is 0 Å². The largest absolute Gasteiger partial charge is 0.472 e. The van der Waals surface area contributed by atoms with Crippen molar-refractivity contribution in [1.29, 1.82) is 0 Å². The second-order valence-corrected chi connectivity index (χ2v) is 30.5. The summed E-state index contributed by atoms with van der Waals surface area (Å²) in [5, 5.41) is 10.6. The van der Waals surface area contributed by atoms with Crippen LogP contribution in [0.1, 0.15) is 382 Å². The van der Waals surface area contributed by atoms with Crippen molar-refractivity contribution >= 4 is 39.5 Å². The van der Waals surface area contributed by atoms with E-state index in [0.717, 1.165) is 102 Å². The van der Waals surface area contributed by atoms with Crippen LogP contribution in [0.3, 0.4) is 0 Å². The quantitative estimate of drug-likeness (QED) is 0.0222. The number of aliphatic hydroxyl groups is 1. The summed E-state index contributed by atoms with van der Waals surface area (Å²) in [6.07, 6.45) is 52.6. The van der Waals surface area contributed by atoms with Crippen LogP contribution in [0, 0.1) is 11.8 Å². The number of ether oxygens (including phenoxy) is 4. The fourth-order valence-corrected chi connectivity index (χ4v) is 12.9. The van der Waals surface area contributed by atoms with E-state index in [-0.39, 0.29) is 25.7 Å². The van der Waals surface area contributed by atoms with E-state index in [2.05, 4.69) is 41.5 Å². The predicted octanol–water partition coefficient (Wildman–Crippen LogP) is 21.6. The summed E-state index contributed by atoms with van der Waals surface area (Å²) in [5.41, 5.74) is 0. The van der Waals surface area contributed by atoms with Gasteiger partial charge in [-0.2, -0.15) is 0 Å². The molecule has 93 heavy (non-hydrogen) atoms. The first-order valence-corrected chi connectivity index (χ1v) is 41.5. The third-order valence-corrected chi connectivity index (χ3v) is 19.1. The van der Waals surface area contributed by atoms with Gasteiger partial charge >= 0.3 is 39.5 Å². The summed E-state index contributed by atoms with van der Waals surface area (Å²) in [4.78, 5) is 72.7. The van der Waals surface area contributed by atoms with Gasteiger partial charge in [0.25, 0.3) is 0 Å². The molecule has 0 saturated heterocycles. The Morgan fingerprint density at radius 2 is 0.495 bits per heavy atom. The molecule has 552 valence electrons. The lowest BCUT2D eigenvalue weighted by atomic mass is 10.0. The molecule has 0 aliphatic heterocycles. The van der Waals surface area contributed by atoms with Crippen molar-refractivity contribution < 1.29 is 80.2 Å². The Balaban J connectivity index is 5.25. The van der Waals surface area contributed by atoms with E-state index in [1.54, 1.807) is 0 Å². The minimum Gasteiger partial charge on any atom is -0.462 e. The number of unbranched alkanes of at least 4 members (excludes halogenated alkanes) is 43. The van der Waals surface area contributed by atoms with E-state index in [4.69, 9.17) is 37.0 Å². The number of phosphoric ester groups is 2. The topological polar surface area (TPSA) is 237 Å². The zero-order chi connectivity index (χ0) is 68.6. The van der Waals surface area contributed by atoms with Crippen molar-refractivity contribution in [2.45, 2.75) is 400 Å². The number of hydrogen-bond donors (Lipinski definition) is 3. The fraction of sp³-hybridized carbons (Fsp3) is 0.946. The number of carbonyl (C=O) groups is 4. The van der Waals surface area contributed by atoms with E-state index in [0.29, 0.717) is 25.7 Å². The first-order valence-electron chi connectivity index (χ1n) is 38.5.